The summed E-state index contributed by atoms with van der Waals surface area (Å²) in [5, 5.41) is 3.11. The maximum absolute atomic E-state index is 14.6. The molecule has 0 radical (unpaired) electrons. The number of carbonyl (C=O) groups is 7. The Bertz CT molecular complexity index is 3900. The summed E-state index contributed by atoms with van der Waals surface area (Å²) in [5.41, 5.74) is 5.56. The molecule has 8 aliphatic heterocycles. The van der Waals surface area contributed by atoms with Crippen molar-refractivity contribution in [2.24, 2.45) is 5.92 Å². The normalized spacial score (nSPS) is 23.9. The van der Waals surface area contributed by atoms with Gasteiger partial charge < -0.3 is 48.9 Å². The monoisotopic (exact) mass is 1510 g/mol. The molecule has 8 saturated heterocycles. The Morgan fingerprint density at radius 2 is 1.05 bits per heavy atom. The van der Waals surface area contributed by atoms with Gasteiger partial charge in [0.1, 0.15) is 37.4 Å². The number of amides is 7. The van der Waals surface area contributed by atoms with E-state index in [0.717, 1.165) is 82.3 Å². The number of benzene rings is 6. The zero-order valence-electron chi connectivity index (χ0n) is 58.9. The van der Waals surface area contributed by atoms with Gasteiger partial charge in [0, 0.05) is 42.3 Å². The van der Waals surface area contributed by atoms with E-state index < -0.39 is 66.4 Å². The van der Waals surface area contributed by atoms with Crippen LogP contribution in [0.3, 0.4) is 0 Å². The summed E-state index contributed by atoms with van der Waals surface area (Å²) in [7, 11) is 0. The fraction of sp³-hybridized carbons (Fsp3) is 0.434. The molecule has 8 heterocycles. The number of nitrogens with zero attached hydrogens (tertiary/aromatic N) is 8. The highest BCUT2D eigenvalue weighted by atomic mass is 127. The van der Waals surface area contributed by atoms with Crippen LogP contribution >= 0.6 is 22.6 Å². The first-order valence-electron chi connectivity index (χ1n) is 37.2. The summed E-state index contributed by atoms with van der Waals surface area (Å²) in [5.74, 6) is -0.726. The highest BCUT2D eigenvalue weighted by Crippen LogP contribution is 2.42. The number of carbonyl (C=O) groups excluding carboxylic acids is 7. The van der Waals surface area contributed by atoms with Crippen molar-refractivity contribution in [2.45, 2.75) is 145 Å². The van der Waals surface area contributed by atoms with E-state index >= 15 is 0 Å². The Morgan fingerprint density at radius 1 is 0.553 bits per heavy atom. The van der Waals surface area contributed by atoms with Crippen LogP contribution in [0.25, 0.3) is 12.2 Å². The third-order valence-corrected chi connectivity index (χ3v) is 22.7. The van der Waals surface area contributed by atoms with Crippen LogP contribution in [0, 0.1) is 9.49 Å². The summed E-state index contributed by atoms with van der Waals surface area (Å²) < 4.78 is 18.4. The number of cyclic esters (lactones) is 2. The zero-order chi connectivity index (χ0) is 71.2. The van der Waals surface area contributed by atoms with Crippen LogP contribution in [0.4, 0.5) is 9.59 Å². The molecule has 8 aliphatic rings. The van der Waals surface area contributed by atoms with Crippen molar-refractivity contribution >= 4 is 76.5 Å². The van der Waals surface area contributed by atoms with E-state index in [1.54, 1.807) is 9.80 Å². The lowest BCUT2D eigenvalue weighted by Crippen LogP contribution is -2.75. The van der Waals surface area contributed by atoms with Crippen LogP contribution in [-0.2, 0) is 44.8 Å². The topological polar surface area (TPSA) is 185 Å². The molecule has 0 aromatic heterocycles. The molecular formula is C83H96IN9O10. The fourth-order valence-corrected chi connectivity index (χ4v) is 16.9. The second-order valence-electron chi connectivity index (χ2n) is 28.6. The van der Waals surface area contributed by atoms with Crippen molar-refractivity contribution in [1.29, 1.82) is 0 Å². The summed E-state index contributed by atoms with van der Waals surface area (Å²) in [6, 6.07) is 50.9. The highest BCUT2D eigenvalue weighted by Gasteiger charge is 2.60. The molecule has 540 valence electrons. The smallest absolute Gasteiger partial charge is 0.411 e. The zero-order valence-corrected chi connectivity index (χ0v) is 61.1. The van der Waals surface area contributed by atoms with Crippen molar-refractivity contribution in [1.82, 2.24) is 44.5 Å². The first-order valence-corrected chi connectivity index (χ1v) is 38.2. The maximum atomic E-state index is 14.6. The number of piperidine rings is 4. The largest absolute Gasteiger partial charge is 0.447 e. The Hall–Kier alpha value is -8.70. The summed E-state index contributed by atoms with van der Waals surface area (Å²) in [6.07, 6.45) is 17.8. The lowest BCUT2D eigenvalue weighted by molar-refractivity contribution is -0.169. The lowest BCUT2D eigenvalue weighted by Gasteiger charge is -2.53. The van der Waals surface area contributed by atoms with Crippen molar-refractivity contribution in [3.05, 3.63) is 225 Å². The SMILES string of the molecule is C[C@@H](NC(=O)[C@@H](CC(=O)N1CCC(N2CCCCC2)CC1)N1C(=O)[C@@H](N2C(=O)OC[C@@H]2c2ccccc2)[C@H]1/C=C/c1cccc(I)c1)c1ccccc1.O=C([C@@H](COCc1ccccc1)N1C(=O)[C@@H](N2C(=O)OC[C@@H]2c2ccccc2)[C@H]1/C=C/c1ccccc1)N1CCC(CN2CCCCC2)CC1. The third-order valence-electron chi connectivity index (χ3n) is 22.0. The molecule has 0 saturated carbocycles. The average Bonchev–Trinajstić information content (AvgIpc) is 1.72. The van der Waals surface area contributed by atoms with Gasteiger partial charge in [0.2, 0.25) is 29.5 Å². The standard InChI is InChI=1S/C42H48IN5O5.C41H48N4O5/c1-29(31-13-5-2-6-14-31)44-40(50)36(27-38(49)46-24-20-34(21-25-46)45-22-9-4-10-23-45)47-35(19-18-30-12-11-17-33(43)26-30)39(41(47)51)48-37(28-53-42(48)52)32-15-7-3-8-16-32;46-39(43-25-21-32(22-26-43)27-42-23-11-4-12-24-42)37(29-49-28-33-15-7-2-8-16-33)44-35(20-19-31-13-5-1-6-14-31)38(40(44)47)45-36(30-50-41(45)48)34-17-9-3-10-18-34/h2-3,5-8,11-19,26,29,34-37,39H,4,9-10,20-25,27-28H2,1H3,(H,44,50);1-3,5-10,13-20,32,35-38H,4,11-12,21-30H2/b19-18+;20-19+/t29-,35-,36-,37-,39+;35-,36-,37-,38+/m11/s1. The number of halogens is 1. The molecular weight excluding hydrogens is 1410 g/mol. The molecule has 0 aliphatic carbocycles. The number of nitrogens with one attached hydrogen (secondary N) is 1. The minimum Gasteiger partial charge on any atom is -0.447 e. The van der Waals surface area contributed by atoms with Crippen molar-refractivity contribution < 1.29 is 47.8 Å². The van der Waals surface area contributed by atoms with Crippen LogP contribution in [0.15, 0.2) is 188 Å². The molecule has 6 aromatic carbocycles. The predicted octanol–water partition coefficient (Wildman–Crippen LogP) is 12.0. The number of β-lactam (4-membered cyclic amide) rings is 2. The number of hydrogen-bond donors (Lipinski definition) is 1. The summed E-state index contributed by atoms with van der Waals surface area (Å²) >= 11 is 2.26. The molecule has 9 atom stereocenters. The van der Waals surface area contributed by atoms with Gasteiger partial charge in [-0.1, -0.05) is 201 Å². The number of hydrogen-bond acceptors (Lipinski definition) is 12. The van der Waals surface area contributed by atoms with E-state index in [1.807, 2.05) is 217 Å². The van der Waals surface area contributed by atoms with E-state index in [-0.39, 0.29) is 55.9 Å². The lowest BCUT2D eigenvalue weighted by atomic mass is 9.87. The summed E-state index contributed by atoms with van der Waals surface area (Å²) in [4.78, 5) is 114. The van der Waals surface area contributed by atoms with Crippen molar-refractivity contribution in [3.8, 4) is 0 Å². The van der Waals surface area contributed by atoms with Gasteiger partial charge in [0.25, 0.3) is 0 Å². The minimum atomic E-state index is -1.09. The Kier molecular flexibility index (Phi) is 24.5. The van der Waals surface area contributed by atoms with Gasteiger partial charge in [0.05, 0.1) is 49.8 Å². The van der Waals surface area contributed by atoms with Gasteiger partial charge in [0.15, 0.2) is 0 Å². The minimum absolute atomic E-state index is 0.0577. The number of ether oxygens (including phenoxy) is 3. The Morgan fingerprint density at radius 3 is 1.61 bits per heavy atom. The van der Waals surface area contributed by atoms with Gasteiger partial charge in [-0.05, 0) is 158 Å². The van der Waals surface area contributed by atoms with Crippen LogP contribution in [-0.4, -0.2) is 202 Å². The molecule has 8 fully saturated rings. The first-order chi connectivity index (χ1) is 50.3. The predicted molar refractivity (Wildman–Crippen MR) is 403 cm³/mol. The van der Waals surface area contributed by atoms with E-state index in [2.05, 4.69) is 37.7 Å². The van der Waals surface area contributed by atoms with Crippen molar-refractivity contribution in [3.63, 3.8) is 0 Å². The molecule has 6 aromatic rings. The fourth-order valence-electron chi connectivity index (χ4n) is 16.4. The highest BCUT2D eigenvalue weighted by molar-refractivity contribution is 14.1. The second kappa shape index (κ2) is 34.7. The summed E-state index contributed by atoms with van der Waals surface area (Å²) in [6.45, 7) is 10.8. The van der Waals surface area contributed by atoms with Gasteiger partial charge in [-0.25, -0.2) is 9.59 Å². The number of likely N-dealkylation sites (tertiary alicyclic amines) is 6. The van der Waals surface area contributed by atoms with Gasteiger partial charge in [-0.2, -0.15) is 0 Å². The third kappa shape index (κ3) is 17.4. The molecule has 1 N–H and O–H groups in total. The molecule has 103 heavy (non-hydrogen) atoms. The van der Waals surface area contributed by atoms with Crippen LogP contribution in [0.5, 0.6) is 0 Å². The van der Waals surface area contributed by atoms with Crippen LogP contribution < -0.4 is 5.32 Å². The van der Waals surface area contributed by atoms with Gasteiger partial charge in [-0.15, -0.1) is 0 Å². The van der Waals surface area contributed by atoms with Crippen LogP contribution in [0.1, 0.15) is 129 Å². The van der Waals surface area contributed by atoms with E-state index in [9.17, 15) is 33.6 Å². The van der Waals surface area contributed by atoms with Gasteiger partial charge in [-0.3, -0.25) is 33.8 Å². The maximum Gasteiger partial charge on any atom is 0.411 e. The first kappa shape index (κ1) is 72.6. The number of rotatable bonds is 23. The second-order valence-corrected chi connectivity index (χ2v) is 29.8. The molecule has 0 bridgehead atoms. The van der Waals surface area contributed by atoms with Crippen molar-refractivity contribution in [2.75, 3.05) is 78.7 Å². The van der Waals surface area contributed by atoms with E-state index in [1.165, 1.54) is 61.4 Å². The molecule has 20 heteroatoms. The molecule has 14 rings (SSSR count). The van der Waals surface area contributed by atoms with Crippen LogP contribution in [0.2, 0.25) is 0 Å². The van der Waals surface area contributed by atoms with Gasteiger partial charge >= 0.3 is 12.2 Å². The molecule has 0 spiro atoms. The Labute approximate surface area is 619 Å². The van der Waals surface area contributed by atoms with E-state index in [4.69, 9.17) is 14.2 Å². The Balaban J connectivity index is 0.000000184. The molecule has 19 nitrogen and oxygen atoms in total. The molecule has 7 amide bonds. The molecule has 0 unspecified atom stereocenters. The average molecular weight is 1510 g/mol. The quantitative estimate of drug-likeness (QED) is 0.0473. The van der Waals surface area contributed by atoms with E-state index in [0.29, 0.717) is 44.7 Å².